The zero-order chi connectivity index (χ0) is 13.3. The predicted octanol–water partition coefficient (Wildman–Crippen LogP) is 4.72. The first-order valence-electron chi connectivity index (χ1n) is 4.99. The number of nitrogen functional groups attached to an aromatic ring is 1. The van der Waals surface area contributed by atoms with Crippen molar-refractivity contribution >= 4 is 57.6 Å². The van der Waals surface area contributed by atoms with Crippen LogP contribution in [0.1, 0.15) is 15.2 Å². The van der Waals surface area contributed by atoms with Gasteiger partial charge in [-0.15, -0.1) is 11.3 Å². The van der Waals surface area contributed by atoms with E-state index in [2.05, 4.69) is 0 Å². The first kappa shape index (κ1) is 13.7. The van der Waals surface area contributed by atoms with Crippen LogP contribution in [0.4, 0.5) is 5.69 Å². The number of thiophene rings is 1. The van der Waals surface area contributed by atoms with Crippen LogP contribution < -0.4 is 5.73 Å². The Balaban J connectivity index is 2.24. The average molecular weight is 321 g/mol. The second-order valence-corrected chi connectivity index (χ2v) is 6.27. The van der Waals surface area contributed by atoms with E-state index in [9.17, 15) is 4.79 Å². The zero-order valence-electron chi connectivity index (χ0n) is 9.04. The molecule has 1 heterocycles. The Kier molecular flexibility index (Phi) is 4.17. The number of rotatable bonds is 3. The van der Waals surface area contributed by atoms with Crippen LogP contribution in [0.25, 0.3) is 0 Å². The molecule has 0 aliphatic carbocycles. The summed E-state index contributed by atoms with van der Waals surface area (Å²) >= 11 is 19.0. The Hall–Kier alpha value is -0.740. The van der Waals surface area contributed by atoms with Gasteiger partial charge in [0.05, 0.1) is 20.1 Å². The van der Waals surface area contributed by atoms with Crippen molar-refractivity contribution in [3.8, 4) is 0 Å². The Morgan fingerprint density at radius 3 is 2.28 bits per heavy atom. The molecule has 0 bridgehead atoms. The molecule has 0 atom stereocenters. The van der Waals surface area contributed by atoms with Crippen LogP contribution >= 0.6 is 46.1 Å². The number of Topliss-reactive ketones (excluding diaryl/α,β-unsaturated/α-hetero) is 1. The lowest BCUT2D eigenvalue weighted by Crippen LogP contribution is -2.03. The van der Waals surface area contributed by atoms with E-state index in [0.29, 0.717) is 9.90 Å². The molecule has 0 spiro atoms. The third kappa shape index (κ3) is 2.98. The second-order valence-electron chi connectivity index (χ2n) is 3.66. The Labute approximate surface area is 123 Å². The first-order chi connectivity index (χ1) is 8.47. The van der Waals surface area contributed by atoms with Gasteiger partial charge in [0.25, 0.3) is 0 Å². The van der Waals surface area contributed by atoms with Crippen LogP contribution in [0.2, 0.25) is 14.4 Å². The monoisotopic (exact) mass is 319 g/mol. The van der Waals surface area contributed by atoms with E-state index in [1.807, 2.05) is 6.07 Å². The van der Waals surface area contributed by atoms with Gasteiger partial charge in [-0.1, -0.05) is 34.8 Å². The summed E-state index contributed by atoms with van der Waals surface area (Å²) in [7, 11) is 0. The zero-order valence-corrected chi connectivity index (χ0v) is 12.1. The molecule has 0 unspecified atom stereocenters. The number of hydrogen-bond donors (Lipinski definition) is 1. The highest BCUT2D eigenvalue weighted by atomic mass is 35.5. The quantitative estimate of drug-likeness (QED) is 0.657. The third-order valence-electron chi connectivity index (χ3n) is 2.36. The summed E-state index contributed by atoms with van der Waals surface area (Å²) in [5.41, 5.74) is 6.35. The number of hydrogen-bond acceptors (Lipinski definition) is 3. The average Bonchev–Trinajstić information content (AvgIpc) is 2.71. The summed E-state index contributed by atoms with van der Waals surface area (Å²) < 4.78 is 0.658. The molecule has 0 aliphatic rings. The largest absolute Gasteiger partial charge is 0.396 e. The maximum absolute atomic E-state index is 12.0. The van der Waals surface area contributed by atoms with Gasteiger partial charge in [-0.2, -0.15) is 0 Å². The fourth-order valence-electron chi connectivity index (χ4n) is 1.45. The molecule has 2 nitrogen and oxygen atoms in total. The van der Waals surface area contributed by atoms with Crippen molar-refractivity contribution < 1.29 is 4.79 Å². The maximum Gasteiger partial charge on any atom is 0.168 e. The molecule has 0 amide bonds. The number of nitrogens with two attached hydrogens (primary N) is 1. The van der Waals surface area contributed by atoms with Crippen molar-refractivity contribution in [2.45, 2.75) is 6.42 Å². The van der Waals surface area contributed by atoms with E-state index < -0.39 is 0 Å². The van der Waals surface area contributed by atoms with Crippen molar-refractivity contribution in [2.75, 3.05) is 5.73 Å². The number of benzene rings is 1. The molecule has 0 saturated heterocycles. The van der Waals surface area contributed by atoms with Gasteiger partial charge in [0.15, 0.2) is 5.78 Å². The molecule has 0 aliphatic heterocycles. The van der Waals surface area contributed by atoms with Crippen LogP contribution in [-0.4, -0.2) is 5.78 Å². The SMILES string of the molecule is Nc1c(Cl)cc(C(=O)Cc2ccc(Cl)s2)cc1Cl. The molecule has 18 heavy (non-hydrogen) atoms. The third-order valence-corrected chi connectivity index (χ3v) is 4.22. The predicted molar refractivity (Wildman–Crippen MR) is 78.2 cm³/mol. The maximum atomic E-state index is 12.0. The number of carbonyl (C=O) groups is 1. The van der Waals surface area contributed by atoms with E-state index in [-0.39, 0.29) is 27.9 Å². The highest BCUT2D eigenvalue weighted by molar-refractivity contribution is 7.16. The van der Waals surface area contributed by atoms with Crippen LogP contribution in [0.3, 0.4) is 0 Å². The van der Waals surface area contributed by atoms with Crippen molar-refractivity contribution in [1.29, 1.82) is 0 Å². The van der Waals surface area contributed by atoms with E-state index in [1.54, 1.807) is 6.07 Å². The minimum Gasteiger partial charge on any atom is -0.396 e. The normalized spacial score (nSPS) is 10.6. The number of ketones is 1. The summed E-state index contributed by atoms with van der Waals surface area (Å²) in [6, 6.07) is 6.64. The summed E-state index contributed by atoms with van der Waals surface area (Å²) in [5, 5.41) is 0.574. The Bertz CT molecular complexity index is 586. The van der Waals surface area contributed by atoms with Gasteiger partial charge >= 0.3 is 0 Å². The molecule has 0 fully saturated rings. The van der Waals surface area contributed by atoms with Gasteiger partial charge in [-0.25, -0.2) is 0 Å². The summed E-state index contributed by atoms with van der Waals surface area (Å²) in [6.07, 6.45) is 0.272. The first-order valence-corrected chi connectivity index (χ1v) is 6.94. The van der Waals surface area contributed by atoms with Crippen LogP contribution in [0, 0.1) is 0 Å². The van der Waals surface area contributed by atoms with Gasteiger partial charge in [-0.3, -0.25) is 4.79 Å². The van der Waals surface area contributed by atoms with Gasteiger partial charge in [0.2, 0.25) is 0 Å². The number of anilines is 1. The van der Waals surface area contributed by atoms with Gasteiger partial charge in [-0.05, 0) is 24.3 Å². The summed E-state index contributed by atoms with van der Waals surface area (Å²) in [5.74, 6) is -0.0719. The van der Waals surface area contributed by atoms with Gasteiger partial charge in [0.1, 0.15) is 0 Å². The molecule has 2 aromatic rings. The fourth-order valence-corrected chi connectivity index (χ4v) is 3.03. The van der Waals surface area contributed by atoms with Crippen LogP contribution in [0.15, 0.2) is 24.3 Å². The Morgan fingerprint density at radius 2 is 1.78 bits per heavy atom. The van der Waals surface area contributed by atoms with Crippen molar-refractivity contribution in [2.24, 2.45) is 0 Å². The van der Waals surface area contributed by atoms with E-state index in [0.717, 1.165) is 4.88 Å². The van der Waals surface area contributed by atoms with Crippen molar-refractivity contribution in [1.82, 2.24) is 0 Å². The molecule has 1 aromatic carbocycles. The van der Waals surface area contributed by atoms with Crippen LogP contribution in [-0.2, 0) is 6.42 Å². The second kappa shape index (κ2) is 5.49. The van der Waals surface area contributed by atoms with Crippen molar-refractivity contribution in [3.05, 3.63) is 49.1 Å². The molecular formula is C12H8Cl3NOS. The molecular weight excluding hydrogens is 313 g/mol. The summed E-state index contributed by atoms with van der Waals surface area (Å²) in [4.78, 5) is 12.9. The highest BCUT2D eigenvalue weighted by Crippen LogP contribution is 2.30. The van der Waals surface area contributed by atoms with Gasteiger partial charge < -0.3 is 5.73 Å². The summed E-state index contributed by atoms with van der Waals surface area (Å²) in [6.45, 7) is 0. The van der Waals surface area contributed by atoms with E-state index in [4.69, 9.17) is 40.5 Å². The van der Waals surface area contributed by atoms with Crippen LogP contribution in [0.5, 0.6) is 0 Å². The lowest BCUT2D eigenvalue weighted by molar-refractivity contribution is 0.0994. The van der Waals surface area contributed by atoms with E-state index >= 15 is 0 Å². The topological polar surface area (TPSA) is 43.1 Å². The number of carbonyl (C=O) groups excluding carboxylic acids is 1. The molecule has 0 radical (unpaired) electrons. The van der Waals surface area contributed by atoms with Gasteiger partial charge in [0, 0.05) is 16.9 Å². The lowest BCUT2D eigenvalue weighted by Gasteiger charge is -2.05. The van der Waals surface area contributed by atoms with E-state index in [1.165, 1.54) is 23.5 Å². The van der Waals surface area contributed by atoms with Crippen molar-refractivity contribution in [3.63, 3.8) is 0 Å². The molecule has 2 rings (SSSR count). The highest BCUT2D eigenvalue weighted by Gasteiger charge is 2.12. The minimum absolute atomic E-state index is 0.0719. The molecule has 2 N–H and O–H groups in total. The smallest absolute Gasteiger partial charge is 0.168 e. The fraction of sp³-hybridized carbons (Fsp3) is 0.0833. The number of halogens is 3. The molecule has 0 saturated carbocycles. The molecule has 6 heteroatoms. The lowest BCUT2D eigenvalue weighted by atomic mass is 10.1. The molecule has 94 valence electrons. The minimum atomic E-state index is -0.0719. The molecule has 1 aromatic heterocycles. The Morgan fingerprint density at radius 1 is 1.17 bits per heavy atom. The standard InChI is InChI=1S/C12H8Cl3NOS/c13-8-3-6(4-9(14)12(8)16)10(17)5-7-1-2-11(15)18-7/h1-4H,5,16H2.